The standard InChI is InChI=1S/C14H16N4O2/c1-2-18(9-10-3-6-16-7-4-10)13-12(15)11(14(19)20)5-8-17-13/h3-8H,2,9,15H2,1H3,(H,19,20). The van der Waals surface area contributed by atoms with Gasteiger partial charge in [0.05, 0.1) is 11.3 Å². The van der Waals surface area contributed by atoms with Gasteiger partial charge in [-0.2, -0.15) is 0 Å². The number of carboxylic acids is 1. The molecule has 0 saturated heterocycles. The van der Waals surface area contributed by atoms with Gasteiger partial charge in [-0.25, -0.2) is 9.78 Å². The Morgan fingerprint density at radius 3 is 2.60 bits per heavy atom. The molecular weight excluding hydrogens is 256 g/mol. The summed E-state index contributed by atoms with van der Waals surface area (Å²) in [4.78, 5) is 21.2. The third kappa shape index (κ3) is 2.85. The highest BCUT2D eigenvalue weighted by Gasteiger charge is 2.16. The van der Waals surface area contributed by atoms with Crippen molar-refractivity contribution in [1.82, 2.24) is 9.97 Å². The first-order valence-corrected chi connectivity index (χ1v) is 6.25. The van der Waals surface area contributed by atoms with Gasteiger partial charge in [-0.3, -0.25) is 4.98 Å². The second kappa shape index (κ2) is 6.01. The van der Waals surface area contributed by atoms with Crippen LogP contribution in [0.3, 0.4) is 0 Å². The van der Waals surface area contributed by atoms with Crippen LogP contribution in [0.15, 0.2) is 36.8 Å². The molecule has 104 valence electrons. The summed E-state index contributed by atoms with van der Waals surface area (Å²) in [6, 6.07) is 5.21. The van der Waals surface area contributed by atoms with Gasteiger partial charge in [0.25, 0.3) is 0 Å². The van der Waals surface area contributed by atoms with Gasteiger partial charge in [-0.1, -0.05) is 0 Å². The minimum absolute atomic E-state index is 0.0724. The van der Waals surface area contributed by atoms with Crippen LogP contribution in [0.25, 0.3) is 0 Å². The summed E-state index contributed by atoms with van der Waals surface area (Å²) in [5, 5.41) is 9.10. The number of anilines is 2. The van der Waals surface area contributed by atoms with Crippen molar-refractivity contribution < 1.29 is 9.90 Å². The van der Waals surface area contributed by atoms with Crippen LogP contribution in [0, 0.1) is 0 Å². The van der Waals surface area contributed by atoms with Crippen LogP contribution in [0.5, 0.6) is 0 Å². The average Bonchev–Trinajstić information content (AvgIpc) is 2.46. The smallest absolute Gasteiger partial charge is 0.337 e. The first-order chi connectivity index (χ1) is 9.63. The molecule has 6 heteroatoms. The molecule has 0 aliphatic heterocycles. The van der Waals surface area contributed by atoms with E-state index in [2.05, 4.69) is 9.97 Å². The predicted octanol–water partition coefficient (Wildman–Crippen LogP) is 1.78. The van der Waals surface area contributed by atoms with Crippen LogP contribution in [0.4, 0.5) is 11.5 Å². The molecule has 0 spiro atoms. The van der Waals surface area contributed by atoms with Crippen LogP contribution in [0.1, 0.15) is 22.8 Å². The van der Waals surface area contributed by atoms with E-state index < -0.39 is 5.97 Å². The lowest BCUT2D eigenvalue weighted by Gasteiger charge is -2.23. The molecule has 0 bridgehead atoms. The average molecular weight is 272 g/mol. The van der Waals surface area contributed by atoms with E-state index >= 15 is 0 Å². The zero-order chi connectivity index (χ0) is 14.5. The van der Waals surface area contributed by atoms with E-state index in [9.17, 15) is 4.79 Å². The van der Waals surface area contributed by atoms with E-state index in [1.54, 1.807) is 12.4 Å². The summed E-state index contributed by atoms with van der Waals surface area (Å²) in [6.07, 6.45) is 4.89. The Bertz CT molecular complexity index is 601. The number of pyridine rings is 2. The Balaban J connectivity index is 2.33. The van der Waals surface area contributed by atoms with Crippen LogP contribution in [-0.2, 0) is 6.54 Å². The molecule has 3 N–H and O–H groups in total. The number of hydrogen-bond donors (Lipinski definition) is 2. The number of aromatic nitrogens is 2. The largest absolute Gasteiger partial charge is 0.478 e. The fourth-order valence-electron chi connectivity index (χ4n) is 1.95. The van der Waals surface area contributed by atoms with E-state index in [-0.39, 0.29) is 11.3 Å². The quantitative estimate of drug-likeness (QED) is 0.862. The van der Waals surface area contributed by atoms with Gasteiger partial charge in [0.15, 0.2) is 5.82 Å². The Hall–Kier alpha value is -2.63. The van der Waals surface area contributed by atoms with Crippen molar-refractivity contribution in [2.24, 2.45) is 0 Å². The van der Waals surface area contributed by atoms with Crippen molar-refractivity contribution in [3.05, 3.63) is 47.9 Å². The molecule has 0 aliphatic carbocycles. The van der Waals surface area contributed by atoms with Crippen molar-refractivity contribution in [3.8, 4) is 0 Å². The zero-order valence-electron chi connectivity index (χ0n) is 11.2. The van der Waals surface area contributed by atoms with Crippen LogP contribution >= 0.6 is 0 Å². The van der Waals surface area contributed by atoms with Crippen LogP contribution in [-0.4, -0.2) is 27.6 Å². The summed E-state index contributed by atoms with van der Waals surface area (Å²) in [7, 11) is 0. The number of nitrogens with zero attached hydrogens (tertiary/aromatic N) is 3. The first-order valence-electron chi connectivity index (χ1n) is 6.25. The second-order valence-corrected chi connectivity index (χ2v) is 4.27. The Morgan fingerprint density at radius 1 is 1.30 bits per heavy atom. The molecule has 6 nitrogen and oxygen atoms in total. The van der Waals surface area contributed by atoms with Crippen molar-refractivity contribution in [3.63, 3.8) is 0 Å². The number of rotatable bonds is 5. The SMILES string of the molecule is CCN(Cc1ccncc1)c1nccc(C(=O)O)c1N. The maximum atomic E-state index is 11.1. The van der Waals surface area contributed by atoms with Crippen molar-refractivity contribution in [2.75, 3.05) is 17.2 Å². The van der Waals surface area contributed by atoms with Crippen LogP contribution < -0.4 is 10.6 Å². The van der Waals surface area contributed by atoms with Gasteiger partial charge < -0.3 is 15.7 Å². The molecule has 2 heterocycles. The van der Waals surface area contributed by atoms with Crippen molar-refractivity contribution in [2.45, 2.75) is 13.5 Å². The molecule has 0 aliphatic rings. The lowest BCUT2D eigenvalue weighted by molar-refractivity contribution is 0.0698. The molecule has 0 amide bonds. The zero-order valence-corrected chi connectivity index (χ0v) is 11.2. The number of carbonyl (C=O) groups is 1. The normalized spacial score (nSPS) is 10.2. The lowest BCUT2D eigenvalue weighted by atomic mass is 10.2. The topological polar surface area (TPSA) is 92.3 Å². The Labute approximate surface area is 116 Å². The summed E-state index contributed by atoms with van der Waals surface area (Å²) in [6.45, 7) is 3.23. The Kier molecular flexibility index (Phi) is 4.14. The molecule has 0 aromatic carbocycles. The molecule has 0 saturated carbocycles. The fraction of sp³-hybridized carbons (Fsp3) is 0.214. The minimum Gasteiger partial charge on any atom is -0.478 e. The maximum absolute atomic E-state index is 11.1. The number of aromatic carboxylic acids is 1. The van der Waals surface area contributed by atoms with Gasteiger partial charge in [0, 0.05) is 31.7 Å². The van der Waals surface area contributed by atoms with Gasteiger partial charge in [-0.15, -0.1) is 0 Å². The highest BCUT2D eigenvalue weighted by atomic mass is 16.4. The maximum Gasteiger partial charge on any atom is 0.337 e. The van der Waals surface area contributed by atoms with E-state index in [0.29, 0.717) is 18.9 Å². The highest BCUT2D eigenvalue weighted by molar-refractivity contribution is 5.96. The third-order valence-corrected chi connectivity index (χ3v) is 3.00. The van der Waals surface area contributed by atoms with E-state index in [1.165, 1.54) is 12.3 Å². The third-order valence-electron chi connectivity index (χ3n) is 3.00. The van der Waals surface area contributed by atoms with Gasteiger partial charge in [-0.05, 0) is 30.7 Å². The molecule has 2 aromatic heterocycles. The molecule has 2 aromatic rings. The number of carboxylic acid groups (broad SMARTS) is 1. The molecular formula is C14H16N4O2. The fourth-order valence-corrected chi connectivity index (χ4v) is 1.95. The van der Waals surface area contributed by atoms with Crippen molar-refractivity contribution >= 4 is 17.5 Å². The number of hydrogen-bond acceptors (Lipinski definition) is 5. The van der Waals surface area contributed by atoms with Crippen LogP contribution in [0.2, 0.25) is 0 Å². The molecule has 0 fully saturated rings. The highest BCUT2D eigenvalue weighted by Crippen LogP contribution is 2.25. The minimum atomic E-state index is -1.05. The summed E-state index contributed by atoms with van der Waals surface area (Å²) >= 11 is 0. The molecule has 20 heavy (non-hydrogen) atoms. The van der Waals surface area contributed by atoms with E-state index in [1.807, 2.05) is 24.0 Å². The summed E-state index contributed by atoms with van der Waals surface area (Å²) in [5.41, 5.74) is 7.24. The molecule has 2 rings (SSSR count). The molecule has 0 radical (unpaired) electrons. The predicted molar refractivity (Wildman–Crippen MR) is 76.6 cm³/mol. The summed E-state index contributed by atoms with van der Waals surface area (Å²) in [5.74, 6) is -0.560. The lowest BCUT2D eigenvalue weighted by Crippen LogP contribution is -2.25. The monoisotopic (exact) mass is 272 g/mol. The van der Waals surface area contributed by atoms with Gasteiger partial charge in [0.1, 0.15) is 0 Å². The van der Waals surface area contributed by atoms with E-state index in [4.69, 9.17) is 10.8 Å². The Morgan fingerprint density at radius 2 is 2.00 bits per heavy atom. The van der Waals surface area contributed by atoms with Gasteiger partial charge >= 0.3 is 5.97 Å². The first kappa shape index (κ1) is 13.8. The van der Waals surface area contributed by atoms with Crippen molar-refractivity contribution in [1.29, 1.82) is 0 Å². The summed E-state index contributed by atoms with van der Waals surface area (Å²) < 4.78 is 0. The second-order valence-electron chi connectivity index (χ2n) is 4.27. The molecule has 0 atom stereocenters. The molecule has 0 unspecified atom stereocenters. The van der Waals surface area contributed by atoms with E-state index in [0.717, 1.165) is 5.56 Å². The number of nitrogen functional groups attached to an aromatic ring is 1. The number of nitrogens with two attached hydrogens (primary N) is 1. The van der Waals surface area contributed by atoms with Gasteiger partial charge in [0.2, 0.25) is 0 Å².